The third-order valence-electron chi connectivity index (χ3n) is 13.2. The number of hydrogen-bond acceptors (Lipinski definition) is 4. The van der Waals surface area contributed by atoms with Crippen molar-refractivity contribution >= 4 is 78.2 Å². The summed E-state index contributed by atoms with van der Waals surface area (Å²) in [6.45, 7) is 8.00. The van der Waals surface area contributed by atoms with Crippen molar-refractivity contribution in [3.05, 3.63) is 259 Å². The average molecular weight is 1030 g/mol. The standard InChI is InChI=1S/C51H31Cl2N5.C13H13N.2C2H6/c52-37-23-17-32(18-24-37)49-54-50(33-19-25-38(53)26-20-33)56-51(55-49)36-9-8-12-40(29-36)58-45-15-6-4-13-41(45)43-27-21-35(31-48(43)58)34-22-28-47-44(30-34)42-14-5-7-16-46(42)57(47)39-10-2-1-3-11-39;1-14(12-8-4-2-5-9-12)13-10-6-3-7-11-13;2*1-2/h1-31H;2-11H,1H3;2*1-2H3. The van der Waals surface area contributed by atoms with E-state index in [1.165, 1.54) is 44.0 Å². The molecule has 0 aliphatic heterocycles. The molecule has 3 aromatic heterocycles. The summed E-state index contributed by atoms with van der Waals surface area (Å²) < 4.78 is 4.70. The summed E-state index contributed by atoms with van der Waals surface area (Å²) in [5.41, 5.74) is 14.0. The molecule has 0 N–H and O–H groups in total. The van der Waals surface area contributed by atoms with Gasteiger partial charge >= 0.3 is 0 Å². The highest BCUT2D eigenvalue weighted by Crippen LogP contribution is 2.39. The largest absolute Gasteiger partial charge is 0.345 e. The lowest BCUT2D eigenvalue weighted by Crippen LogP contribution is -2.08. The Labute approximate surface area is 454 Å². The van der Waals surface area contributed by atoms with Crippen LogP contribution in [-0.4, -0.2) is 31.1 Å². The van der Waals surface area contributed by atoms with Crippen LogP contribution in [-0.2, 0) is 0 Å². The normalized spacial score (nSPS) is 10.8. The number of nitrogens with zero attached hydrogens (tertiary/aromatic N) is 6. The fourth-order valence-electron chi connectivity index (χ4n) is 9.63. The zero-order valence-electron chi connectivity index (χ0n) is 43.1. The van der Waals surface area contributed by atoms with Crippen LogP contribution in [0.1, 0.15) is 27.7 Å². The van der Waals surface area contributed by atoms with E-state index in [4.69, 9.17) is 38.2 Å². The van der Waals surface area contributed by atoms with Gasteiger partial charge < -0.3 is 14.0 Å². The zero-order valence-corrected chi connectivity index (χ0v) is 44.6. The molecule has 0 saturated carbocycles. The van der Waals surface area contributed by atoms with Crippen molar-refractivity contribution in [2.45, 2.75) is 27.7 Å². The highest BCUT2D eigenvalue weighted by molar-refractivity contribution is 6.31. The molecule has 0 atom stereocenters. The molecule has 13 aromatic rings. The lowest BCUT2D eigenvalue weighted by molar-refractivity contribution is 1.07. The second-order valence-electron chi connectivity index (χ2n) is 17.6. The number of rotatable bonds is 8. The van der Waals surface area contributed by atoms with E-state index in [0.717, 1.165) is 50.2 Å². The van der Waals surface area contributed by atoms with Crippen LogP contribution in [0.2, 0.25) is 10.0 Å². The molecule has 13 rings (SSSR count). The van der Waals surface area contributed by atoms with Crippen LogP contribution < -0.4 is 4.90 Å². The molecule has 0 spiro atoms. The van der Waals surface area contributed by atoms with Crippen molar-refractivity contribution in [1.29, 1.82) is 0 Å². The summed E-state index contributed by atoms with van der Waals surface area (Å²) in [6.07, 6.45) is 0. The lowest BCUT2D eigenvalue weighted by Gasteiger charge is -2.18. The minimum absolute atomic E-state index is 0.558. The quantitative estimate of drug-likeness (QED) is 0.152. The van der Waals surface area contributed by atoms with Gasteiger partial charge in [0.05, 0.1) is 22.1 Å². The van der Waals surface area contributed by atoms with Gasteiger partial charge in [-0.25, -0.2) is 15.0 Å². The zero-order chi connectivity index (χ0) is 52.5. The molecule has 76 heavy (non-hydrogen) atoms. The minimum Gasteiger partial charge on any atom is -0.345 e. The SMILES string of the molecule is CC.CC.CN(c1ccccc1)c1ccccc1.Clc1ccc(-c2nc(-c3ccc(Cl)cc3)nc(-c3cccc(-n4c5ccccc5c5ccc(-c6ccc7c(c6)c6ccccc6n7-c6ccccc6)cc54)c3)n2)cc1. The summed E-state index contributed by atoms with van der Waals surface area (Å²) in [5, 5.41) is 6.11. The Morgan fingerprint density at radius 1 is 0.303 bits per heavy atom. The van der Waals surface area contributed by atoms with Gasteiger partial charge in [0.1, 0.15) is 0 Å². The molecule has 0 saturated heterocycles. The van der Waals surface area contributed by atoms with Crippen molar-refractivity contribution < 1.29 is 0 Å². The van der Waals surface area contributed by atoms with E-state index in [9.17, 15) is 0 Å². The summed E-state index contributed by atoms with van der Waals surface area (Å²) >= 11 is 12.5. The third kappa shape index (κ3) is 10.3. The van der Waals surface area contributed by atoms with E-state index < -0.39 is 0 Å². The highest BCUT2D eigenvalue weighted by Gasteiger charge is 2.18. The molecule has 0 aliphatic carbocycles. The molecule has 0 bridgehead atoms. The highest BCUT2D eigenvalue weighted by atomic mass is 35.5. The van der Waals surface area contributed by atoms with Crippen LogP contribution in [0, 0.1) is 0 Å². The van der Waals surface area contributed by atoms with Crippen LogP contribution >= 0.6 is 23.2 Å². The number of anilines is 2. The number of aromatic nitrogens is 5. The molecule has 0 aliphatic rings. The minimum atomic E-state index is 0.558. The predicted molar refractivity (Wildman–Crippen MR) is 324 cm³/mol. The number of para-hydroxylation sites is 5. The number of fused-ring (bicyclic) bond motifs is 6. The fourth-order valence-corrected chi connectivity index (χ4v) is 9.89. The van der Waals surface area contributed by atoms with Gasteiger partial charge in [-0.1, -0.05) is 172 Å². The Kier molecular flexibility index (Phi) is 15.5. The molecule has 0 radical (unpaired) electrons. The first-order valence-corrected chi connectivity index (χ1v) is 26.5. The first-order chi connectivity index (χ1) is 37.4. The van der Waals surface area contributed by atoms with Gasteiger partial charge in [-0.05, 0) is 139 Å². The smallest absolute Gasteiger partial charge is 0.164 e. The predicted octanol–water partition coefficient (Wildman–Crippen LogP) is 19.5. The van der Waals surface area contributed by atoms with Crippen molar-refractivity contribution in [3.8, 4) is 56.7 Å². The van der Waals surface area contributed by atoms with E-state index in [1.54, 1.807) is 0 Å². The molecular weight excluding hydrogens is 972 g/mol. The van der Waals surface area contributed by atoms with E-state index >= 15 is 0 Å². The Hall–Kier alpha value is -8.81. The summed E-state index contributed by atoms with van der Waals surface area (Å²) in [4.78, 5) is 17.1. The van der Waals surface area contributed by atoms with Gasteiger partial charge in [0, 0.05) is 78.1 Å². The van der Waals surface area contributed by atoms with Gasteiger partial charge in [0.25, 0.3) is 0 Å². The van der Waals surface area contributed by atoms with Gasteiger partial charge in [0.2, 0.25) is 0 Å². The summed E-state index contributed by atoms with van der Waals surface area (Å²) in [6, 6.07) is 85.7. The fraction of sp³-hybridized carbons (Fsp3) is 0.0735. The van der Waals surface area contributed by atoms with Gasteiger partial charge in [-0.3, -0.25) is 0 Å². The van der Waals surface area contributed by atoms with Gasteiger partial charge in [-0.2, -0.15) is 0 Å². The van der Waals surface area contributed by atoms with Crippen molar-refractivity contribution in [2.24, 2.45) is 0 Å². The number of halogens is 2. The first kappa shape index (κ1) is 50.7. The summed E-state index contributed by atoms with van der Waals surface area (Å²) in [7, 11) is 2.07. The molecular formula is C68H56Cl2N6. The monoisotopic (exact) mass is 1030 g/mol. The maximum absolute atomic E-state index is 6.26. The van der Waals surface area contributed by atoms with E-state index in [0.29, 0.717) is 27.5 Å². The van der Waals surface area contributed by atoms with Crippen molar-refractivity contribution in [2.75, 3.05) is 11.9 Å². The second kappa shape index (κ2) is 23.2. The molecule has 10 aromatic carbocycles. The Balaban J connectivity index is 0.000000313. The maximum atomic E-state index is 6.26. The summed E-state index contributed by atoms with van der Waals surface area (Å²) in [5.74, 6) is 1.68. The number of benzene rings is 10. The van der Waals surface area contributed by atoms with Gasteiger partial charge in [-0.15, -0.1) is 0 Å². The molecule has 8 heteroatoms. The van der Waals surface area contributed by atoms with E-state index in [-0.39, 0.29) is 0 Å². The molecule has 0 fully saturated rings. The number of hydrogen-bond donors (Lipinski definition) is 0. The lowest BCUT2D eigenvalue weighted by atomic mass is 10.0. The maximum Gasteiger partial charge on any atom is 0.164 e. The van der Waals surface area contributed by atoms with Crippen LogP contribution in [0.5, 0.6) is 0 Å². The van der Waals surface area contributed by atoms with Crippen molar-refractivity contribution in [1.82, 2.24) is 24.1 Å². The topological polar surface area (TPSA) is 51.8 Å². The first-order valence-electron chi connectivity index (χ1n) is 25.8. The Bertz CT molecular complexity index is 3960. The van der Waals surface area contributed by atoms with Crippen molar-refractivity contribution in [3.63, 3.8) is 0 Å². The van der Waals surface area contributed by atoms with Crippen LogP contribution in [0.15, 0.2) is 249 Å². The van der Waals surface area contributed by atoms with Crippen LogP contribution in [0.3, 0.4) is 0 Å². The van der Waals surface area contributed by atoms with Gasteiger partial charge in [0.15, 0.2) is 17.5 Å². The Morgan fingerprint density at radius 3 is 1.25 bits per heavy atom. The average Bonchev–Trinajstić information content (AvgIpc) is 4.06. The molecule has 372 valence electrons. The Morgan fingerprint density at radius 2 is 0.697 bits per heavy atom. The third-order valence-corrected chi connectivity index (χ3v) is 13.7. The molecule has 3 heterocycles. The van der Waals surface area contributed by atoms with Crippen LogP contribution in [0.25, 0.3) is 100 Å². The molecule has 6 nitrogen and oxygen atoms in total. The van der Waals surface area contributed by atoms with Crippen LogP contribution in [0.4, 0.5) is 11.4 Å². The van der Waals surface area contributed by atoms with E-state index in [1.807, 2.05) is 88.4 Å². The second-order valence-corrected chi connectivity index (χ2v) is 18.5. The molecule has 0 amide bonds. The van der Waals surface area contributed by atoms with E-state index in [2.05, 4.69) is 209 Å². The molecule has 0 unspecified atom stereocenters.